The Hall–Kier alpha value is -0.420. The molecule has 1 heterocycles. The van der Waals surface area contributed by atoms with Gasteiger partial charge in [0.2, 0.25) is 0 Å². The van der Waals surface area contributed by atoms with Crippen molar-refractivity contribution in [2.24, 2.45) is 11.8 Å². The molecular weight excluding hydrogens is 242 g/mol. The molecule has 0 aromatic heterocycles. The van der Waals surface area contributed by atoms with E-state index in [2.05, 4.69) is 17.6 Å². The molecule has 2 fully saturated rings. The fourth-order valence-corrected chi connectivity index (χ4v) is 3.42. The lowest BCUT2D eigenvalue weighted by molar-refractivity contribution is -0.136. The lowest BCUT2D eigenvalue weighted by Crippen LogP contribution is -2.60. The normalized spacial score (nSPS) is 45.1. The van der Waals surface area contributed by atoms with E-state index in [1.54, 1.807) is 0 Å². The third kappa shape index (κ3) is 3.37. The van der Waals surface area contributed by atoms with Crippen LogP contribution in [0.4, 0.5) is 0 Å². The standard InChI is InChI=1S/C15H27NO3/c1-3-11-4-6-12(7-5-11)8-16-9-13(17)15(19)14(18)10(16)2/h3,10-15,17-19H,1,4-9H2,2H3/t10-,11-,12+,13+,14-,15-/m1/s1. The summed E-state index contributed by atoms with van der Waals surface area (Å²) >= 11 is 0. The predicted molar refractivity (Wildman–Crippen MR) is 74.7 cm³/mol. The summed E-state index contributed by atoms with van der Waals surface area (Å²) < 4.78 is 0. The molecule has 0 spiro atoms. The quantitative estimate of drug-likeness (QED) is 0.662. The van der Waals surface area contributed by atoms with Crippen molar-refractivity contribution in [3.8, 4) is 0 Å². The summed E-state index contributed by atoms with van der Waals surface area (Å²) in [7, 11) is 0. The van der Waals surface area contributed by atoms with Crippen molar-refractivity contribution in [2.75, 3.05) is 13.1 Å². The van der Waals surface area contributed by atoms with E-state index in [1.165, 1.54) is 25.7 Å². The summed E-state index contributed by atoms with van der Waals surface area (Å²) in [6, 6.07) is -0.0875. The van der Waals surface area contributed by atoms with E-state index in [0.717, 1.165) is 6.54 Å². The van der Waals surface area contributed by atoms with Crippen molar-refractivity contribution in [1.29, 1.82) is 0 Å². The molecule has 2 aliphatic rings. The molecule has 0 unspecified atom stereocenters. The predicted octanol–water partition coefficient (Wildman–Crippen LogP) is 0.766. The second-order valence-electron chi connectivity index (χ2n) is 6.26. The molecule has 19 heavy (non-hydrogen) atoms. The van der Waals surface area contributed by atoms with E-state index >= 15 is 0 Å². The van der Waals surface area contributed by atoms with Crippen LogP contribution >= 0.6 is 0 Å². The molecule has 0 radical (unpaired) electrons. The fourth-order valence-electron chi connectivity index (χ4n) is 3.42. The van der Waals surface area contributed by atoms with Crippen LogP contribution in [-0.2, 0) is 0 Å². The second-order valence-corrected chi connectivity index (χ2v) is 6.26. The highest BCUT2D eigenvalue weighted by Crippen LogP contribution is 2.31. The molecule has 3 N–H and O–H groups in total. The zero-order chi connectivity index (χ0) is 14.0. The molecule has 0 bridgehead atoms. The van der Waals surface area contributed by atoms with Crippen molar-refractivity contribution in [3.63, 3.8) is 0 Å². The number of β-amino-alcohol motifs (C(OH)–C–C–N with tert-alkyl or cyclic N) is 1. The Morgan fingerprint density at radius 2 is 1.74 bits per heavy atom. The first-order valence-corrected chi connectivity index (χ1v) is 7.43. The van der Waals surface area contributed by atoms with E-state index in [-0.39, 0.29) is 6.04 Å². The van der Waals surface area contributed by atoms with Gasteiger partial charge in [-0.15, -0.1) is 6.58 Å². The fraction of sp³-hybridized carbons (Fsp3) is 0.867. The van der Waals surface area contributed by atoms with Gasteiger partial charge in [0.25, 0.3) is 0 Å². The van der Waals surface area contributed by atoms with Crippen molar-refractivity contribution >= 4 is 0 Å². The maximum Gasteiger partial charge on any atom is 0.108 e. The van der Waals surface area contributed by atoms with Crippen LogP contribution in [0.2, 0.25) is 0 Å². The average Bonchev–Trinajstić information content (AvgIpc) is 2.43. The summed E-state index contributed by atoms with van der Waals surface area (Å²) in [5, 5.41) is 29.4. The molecule has 2 rings (SSSR count). The minimum Gasteiger partial charge on any atom is -0.389 e. The number of hydrogen-bond donors (Lipinski definition) is 3. The minimum atomic E-state index is -1.01. The third-order valence-corrected chi connectivity index (χ3v) is 4.95. The summed E-state index contributed by atoms with van der Waals surface area (Å²) in [5.41, 5.74) is 0. The highest BCUT2D eigenvalue weighted by molar-refractivity contribution is 4.93. The lowest BCUT2D eigenvalue weighted by atomic mass is 9.81. The molecule has 1 saturated heterocycles. The molecule has 0 amide bonds. The Labute approximate surface area is 115 Å². The molecular formula is C15H27NO3. The topological polar surface area (TPSA) is 63.9 Å². The van der Waals surface area contributed by atoms with E-state index < -0.39 is 18.3 Å². The van der Waals surface area contributed by atoms with Gasteiger partial charge in [0, 0.05) is 19.1 Å². The summed E-state index contributed by atoms with van der Waals surface area (Å²) in [4.78, 5) is 2.13. The van der Waals surface area contributed by atoms with E-state index in [0.29, 0.717) is 18.4 Å². The second kappa shape index (κ2) is 6.35. The maximum atomic E-state index is 9.93. The Bertz CT molecular complexity index is 302. The van der Waals surface area contributed by atoms with Crippen LogP contribution in [0.3, 0.4) is 0 Å². The Morgan fingerprint density at radius 1 is 1.11 bits per heavy atom. The average molecular weight is 269 g/mol. The van der Waals surface area contributed by atoms with Gasteiger partial charge in [-0.25, -0.2) is 0 Å². The van der Waals surface area contributed by atoms with Crippen molar-refractivity contribution in [2.45, 2.75) is 57.0 Å². The lowest BCUT2D eigenvalue weighted by Gasteiger charge is -2.44. The molecule has 1 aliphatic carbocycles. The van der Waals surface area contributed by atoms with Crippen LogP contribution in [0.5, 0.6) is 0 Å². The summed E-state index contributed by atoms with van der Waals surface area (Å²) in [5.74, 6) is 1.29. The van der Waals surface area contributed by atoms with Crippen LogP contribution in [0.25, 0.3) is 0 Å². The molecule has 4 heteroatoms. The summed E-state index contributed by atoms with van der Waals surface area (Å²) in [6.07, 6.45) is 4.13. The Balaban J connectivity index is 1.87. The van der Waals surface area contributed by atoms with E-state index in [9.17, 15) is 15.3 Å². The van der Waals surface area contributed by atoms with Gasteiger partial charge >= 0.3 is 0 Å². The first-order chi connectivity index (χ1) is 9.02. The van der Waals surface area contributed by atoms with Crippen LogP contribution in [-0.4, -0.2) is 57.7 Å². The Kier molecular flexibility index (Phi) is 5.01. The highest BCUT2D eigenvalue weighted by Gasteiger charge is 2.39. The van der Waals surface area contributed by atoms with Crippen LogP contribution in [0, 0.1) is 11.8 Å². The van der Waals surface area contributed by atoms with Gasteiger partial charge < -0.3 is 15.3 Å². The number of nitrogens with zero attached hydrogens (tertiary/aromatic N) is 1. The van der Waals surface area contributed by atoms with Crippen molar-refractivity contribution in [3.05, 3.63) is 12.7 Å². The smallest absolute Gasteiger partial charge is 0.108 e. The molecule has 4 atom stereocenters. The first kappa shape index (κ1) is 15.0. The zero-order valence-electron chi connectivity index (χ0n) is 11.8. The van der Waals surface area contributed by atoms with Crippen LogP contribution in [0.1, 0.15) is 32.6 Å². The van der Waals surface area contributed by atoms with E-state index in [1.807, 2.05) is 6.92 Å². The maximum absolute atomic E-state index is 9.93. The van der Waals surface area contributed by atoms with Gasteiger partial charge in [-0.3, -0.25) is 4.90 Å². The van der Waals surface area contributed by atoms with Gasteiger partial charge in [0.1, 0.15) is 6.10 Å². The van der Waals surface area contributed by atoms with Crippen molar-refractivity contribution in [1.82, 2.24) is 4.90 Å². The van der Waals surface area contributed by atoms with E-state index in [4.69, 9.17) is 0 Å². The zero-order valence-corrected chi connectivity index (χ0v) is 11.8. The molecule has 1 saturated carbocycles. The van der Waals surface area contributed by atoms with Gasteiger partial charge in [0.15, 0.2) is 0 Å². The number of hydrogen-bond acceptors (Lipinski definition) is 4. The highest BCUT2D eigenvalue weighted by atomic mass is 16.4. The largest absolute Gasteiger partial charge is 0.389 e. The molecule has 4 nitrogen and oxygen atoms in total. The van der Waals surface area contributed by atoms with Gasteiger partial charge in [-0.2, -0.15) is 0 Å². The number of likely N-dealkylation sites (tertiary alicyclic amines) is 1. The molecule has 0 aromatic rings. The SMILES string of the molecule is C=C[C@H]1CC[C@@H](CN2C[C@H](O)[C@@H](O)[C@H](O)[C@H]2C)CC1. The van der Waals surface area contributed by atoms with Crippen LogP contribution in [0.15, 0.2) is 12.7 Å². The monoisotopic (exact) mass is 269 g/mol. The number of allylic oxidation sites excluding steroid dienone is 1. The number of aliphatic hydroxyl groups is 3. The van der Waals surface area contributed by atoms with Crippen LogP contribution < -0.4 is 0 Å². The number of aliphatic hydroxyl groups excluding tert-OH is 3. The number of rotatable bonds is 3. The van der Waals surface area contributed by atoms with Gasteiger partial charge in [0.05, 0.1) is 12.2 Å². The minimum absolute atomic E-state index is 0.0875. The van der Waals surface area contributed by atoms with Gasteiger partial charge in [-0.1, -0.05) is 6.08 Å². The molecule has 0 aromatic carbocycles. The summed E-state index contributed by atoms with van der Waals surface area (Å²) in [6.45, 7) is 7.15. The number of piperidine rings is 1. The van der Waals surface area contributed by atoms with Gasteiger partial charge in [-0.05, 0) is 44.4 Å². The molecule has 1 aliphatic heterocycles. The third-order valence-electron chi connectivity index (χ3n) is 4.95. The molecule has 110 valence electrons. The van der Waals surface area contributed by atoms with Crippen molar-refractivity contribution < 1.29 is 15.3 Å². The first-order valence-electron chi connectivity index (χ1n) is 7.43. The Morgan fingerprint density at radius 3 is 2.32 bits per heavy atom.